The van der Waals surface area contributed by atoms with E-state index in [2.05, 4.69) is 15.4 Å². The van der Waals surface area contributed by atoms with Crippen molar-refractivity contribution < 1.29 is 4.79 Å². The van der Waals surface area contributed by atoms with E-state index < -0.39 is 0 Å². The van der Waals surface area contributed by atoms with Crippen molar-refractivity contribution in [3.8, 4) is 0 Å². The first-order chi connectivity index (χ1) is 10.1. The van der Waals surface area contributed by atoms with Crippen LogP contribution in [0.15, 0.2) is 18.7 Å². The Hall–Kier alpha value is -2.31. The molecule has 0 aromatic carbocycles. The lowest BCUT2D eigenvalue weighted by atomic mass is 10.2. The Kier molecular flexibility index (Phi) is 4.97. The molecule has 2 heterocycles. The number of nitrogens with zero attached hydrogens (tertiary/aromatic N) is 4. The molecule has 0 saturated heterocycles. The third-order valence-electron chi connectivity index (χ3n) is 3.40. The Morgan fingerprint density at radius 2 is 2.24 bits per heavy atom. The monoisotopic (exact) mass is 290 g/mol. The summed E-state index contributed by atoms with van der Waals surface area (Å²) in [5, 5.41) is 7.14. The first kappa shape index (κ1) is 15.1. The minimum Gasteiger partial charge on any atom is -0.395 e. The van der Waals surface area contributed by atoms with Crippen molar-refractivity contribution in [3.63, 3.8) is 0 Å². The predicted octanol–water partition coefficient (Wildman–Crippen LogP) is 0.971. The summed E-state index contributed by atoms with van der Waals surface area (Å²) >= 11 is 0. The van der Waals surface area contributed by atoms with E-state index in [0.717, 1.165) is 31.5 Å². The first-order valence-electron chi connectivity index (χ1n) is 7.18. The molecule has 0 aliphatic rings. The fraction of sp³-hybridized carbons (Fsp3) is 0.500. The van der Waals surface area contributed by atoms with Crippen molar-refractivity contribution in [2.45, 2.75) is 32.7 Å². The zero-order valence-corrected chi connectivity index (χ0v) is 12.5. The Balaban J connectivity index is 1.78. The Labute approximate surface area is 124 Å². The Morgan fingerprint density at radius 3 is 2.86 bits per heavy atom. The molecule has 2 aromatic heterocycles. The van der Waals surface area contributed by atoms with Crippen molar-refractivity contribution in [3.05, 3.63) is 30.1 Å². The summed E-state index contributed by atoms with van der Waals surface area (Å²) in [6.45, 7) is 3.50. The maximum Gasteiger partial charge on any atom is 0.271 e. The average molecular weight is 290 g/mol. The molecule has 2 rings (SSSR count). The van der Waals surface area contributed by atoms with Crippen LogP contribution < -0.4 is 11.1 Å². The zero-order chi connectivity index (χ0) is 15.2. The molecule has 7 nitrogen and oxygen atoms in total. The summed E-state index contributed by atoms with van der Waals surface area (Å²) in [5.41, 5.74) is 7.65. The summed E-state index contributed by atoms with van der Waals surface area (Å²) in [5.74, 6) is -0.162. The van der Waals surface area contributed by atoms with Gasteiger partial charge in [0.15, 0.2) is 0 Å². The molecule has 0 unspecified atom stereocenters. The molecule has 7 heteroatoms. The van der Waals surface area contributed by atoms with Crippen LogP contribution in [0.4, 0.5) is 5.69 Å². The SMILES string of the molecule is CCc1nn(C)c(C(=O)NCCCCn2ccnc2)c1N. The van der Waals surface area contributed by atoms with Crippen LogP contribution in [0.25, 0.3) is 0 Å². The number of nitrogen functional groups attached to an aromatic ring is 1. The van der Waals surface area contributed by atoms with Gasteiger partial charge in [0.2, 0.25) is 0 Å². The molecular weight excluding hydrogens is 268 g/mol. The number of carbonyl (C=O) groups is 1. The van der Waals surface area contributed by atoms with E-state index in [1.807, 2.05) is 17.7 Å². The molecular formula is C14H22N6O. The molecule has 114 valence electrons. The van der Waals surface area contributed by atoms with Crippen LogP contribution in [-0.2, 0) is 20.0 Å². The molecule has 0 saturated carbocycles. The van der Waals surface area contributed by atoms with Crippen LogP contribution in [0.1, 0.15) is 35.9 Å². The number of unbranched alkanes of at least 4 members (excludes halogenated alkanes) is 1. The summed E-state index contributed by atoms with van der Waals surface area (Å²) in [6, 6.07) is 0. The Morgan fingerprint density at radius 1 is 1.43 bits per heavy atom. The van der Waals surface area contributed by atoms with Crippen LogP contribution >= 0.6 is 0 Å². The lowest BCUT2D eigenvalue weighted by Crippen LogP contribution is -2.27. The van der Waals surface area contributed by atoms with Gasteiger partial charge in [0.25, 0.3) is 5.91 Å². The van der Waals surface area contributed by atoms with Gasteiger partial charge < -0.3 is 15.6 Å². The van der Waals surface area contributed by atoms with Gasteiger partial charge in [-0.2, -0.15) is 5.10 Å². The molecule has 21 heavy (non-hydrogen) atoms. The summed E-state index contributed by atoms with van der Waals surface area (Å²) in [7, 11) is 1.74. The summed E-state index contributed by atoms with van der Waals surface area (Å²) < 4.78 is 3.57. The quantitative estimate of drug-likeness (QED) is 0.743. The van der Waals surface area contributed by atoms with E-state index in [1.165, 1.54) is 0 Å². The van der Waals surface area contributed by atoms with Gasteiger partial charge in [-0.1, -0.05) is 6.92 Å². The van der Waals surface area contributed by atoms with Crippen molar-refractivity contribution in [2.24, 2.45) is 7.05 Å². The van der Waals surface area contributed by atoms with Crippen molar-refractivity contribution in [2.75, 3.05) is 12.3 Å². The lowest BCUT2D eigenvalue weighted by molar-refractivity contribution is 0.0944. The van der Waals surface area contributed by atoms with Crippen molar-refractivity contribution in [1.29, 1.82) is 0 Å². The molecule has 2 aromatic rings. The molecule has 0 spiro atoms. The molecule has 0 radical (unpaired) electrons. The normalized spacial score (nSPS) is 10.8. The average Bonchev–Trinajstić information content (AvgIpc) is 3.06. The summed E-state index contributed by atoms with van der Waals surface area (Å²) in [4.78, 5) is 16.1. The fourth-order valence-corrected chi connectivity index (χ4v) is 2.25. The Bertz CT molecular complexity index is 587. The summed E-state index contributed by atoms with van der Waals surface area (Å²) in [6.07, 6.45) is 8.10. The minimum atomic E-state index is -0.162. The first-order valence-corrected chi connectivity index (χ1v) is 7.18. The van der Waals surface area contributed by atoms with Crippen LogP contribution in [-0.4, -0.2) is 31.8 Å². The van der Waals surface area contributed by atoms with E-state index in [9.17, 15) is 4.79 Å². The van der Waals surface area contributed by atoms with Gasteiger partial charge in [0.05, 0.1) is 17.7 Å². The van der Waals surface area contributed by atoms with E-state index in [4.69, 9.17) is 5.73 Å². The van der Waals surface area contributed by atoms with Gasteiger partial charge in [-0.05, 0) is 19.3 Å². The van der Waals surface area contributed by atoms with Crippen LogP contribution in [0.5, 0.6) is 0 Å². The predicted molar refractivity (Wildman–Crippen MR) is 80.8 cm³/mol. The standard InChI is InChI=1S/C14H22N6O/c1-3-11-12(15)13(19(2)18-11)14(21)17-6-4-5-8-20-9-7-16-10-20/h7,9-10H,3-6,8,15H2,1-2H3,(H,17,21). The molecule has 3 N–H and O–H groups in total. The molecule has 1 amide bonds. The van der Waals surface area contributed by atoms with E-state index in [0.29, 0.717) is 17.9 Å². The van der Waals surface area contributed by atoms with Crippen molar-refractivity contribution >= 4 is 11.6 Å². The second-order valence-corrected chi connectivity index (χ2v) is 4.95. The molecule has 0 aliphatic heterocycles. The van der Waals surface area contributed by atoms with Crippen LogP contribution in [0.2, 0.25) is 0 Å². The molecule has 0 atom stereocenters. The second-order valence-electron chi connectivity index (χ2n) is 4.95. The third kappa shape index (κ3) is 3.62. The number of hydrogen-bond acceptors (Lipinski definition) is 4. The lowest BCUT2D eigenvalue weighted by Gasteiger charge is -2.06. The van der Waals surface area contributed by atoms with Crippen molar-refractivity contribution in [1.82, 2.24) is 24.6 Å². The highest BCUT2D eigenvalue weighted by Gasteiger charge is 2.18. The van der Waals surface area contributed by atoms with E-state index in [-0.39, 0.29) is 5.91 Å². The number of hydrogen-bond donors (Lipinski definition) is 2. The number of aryl methyl sites for hydroxylation is 3. The number of amides is 1. The second kappa shape index (κ2) is 6.92. The number of aromatic nitrogens is 4. The largest absolute Gasteiger partial charge is 0.395 e. The molecule has 0 aliphatic carbocycles. The topological polar surface area (TPSA) is 90.8 Å². The van der Waals surface area contributed by atoms with Crippen LogP contribution in [0, 0.1) is 0 Å². The number of carbonyl (C=O) groups excluding carboxylic acids is 1. The highest BCUT2D eigenvalue weighted by molar-refractivity contribution is 5.97. The number of nitrogens with one attached hydrogen (secondary N) is 1. The smallest absolute Gasteiger partial charge is 0.271 e. The highest BCUT2D eigenvalue weighted by Crippen LogP contribution is 2.16. The van der Waals surface area contributed by atoms with Gasteiger partial charge >= 0.3 is 0 Å². The number of imidazole rings is 1. The van der Waals surface area contributed by atoms with Gasteiger partial charge in [0.1, 0.15) is 5.69 Å². The minimum absolute atomic E-state index is 0.162. The molecule has 0 fully saturated rings. The number of nitrogens with two attached hydrogens (primary N) is 1. The maximum atomic E-state index is 12.1. The number of rotatable bonds is 7. The van der Waals surface area contributed by atoms with Gasteiger partial charge in [-0.3, -0.25) is 9.48 Å². The maximum absolute atomic E-state index is 12.1. The van der Waals surface area contributed by atoms with Crippen LogP contribution in [0.3, 0.4) is 0 Å². The van der Waals surface area contributed by atoms with E-state index >= 15 is 0 Å². The number of anilines is 1. The highest BCUT2D eigenvalue weighted by atomic mass is 16.2. The van der Waals surface area contributed by atoms with E-state index in [1.54, 1.807) is 24.3 Å². The van der Waals surface area contributed by atoms with Gasteiger partial charge in [0, 0.05) is 32.5 Å². The zero-order valence-electron chi connectivity index (χ0n) is 12.5. The fourth-order valence-electron chi connectivity index (χ4n) is 2.25. The molecule has 0 bridgehead atoms. The van der Waals surface area contributed by atoms with Gasteiger partial charge in [-0.25, -0.2) is 4.98 Å². The van der Waals surface area contributed by atoms with Gasteiger partial charge in [-0.15, -0.1) is 0 Å². The third-order valence-corrected chi connectivity index (χ3v) is 3.40.